The summed E-state index contributed by atoms with van der Waals surface area (Å²) in [6.07, 6.45) is 0. The van der Waals surface area contributed by atoms with Crippen molar-refractivity contribution < 1.29 is 8.83 Å². The van der Waals surface area contributed by atoms with Crippen LogP contribution in [0.25, 0.3) is 77.5 Å². The fourth-order valence-electron chi connectivity index (χ4n) is 8.65. The highest BCUT2D eigenvalue weighted by atomic mass is 16.4. The molecule has 0 saturated heterocycles. The molecule has 0 atom stereocenters. The van der Waals surface area contributed by atoms with Gasteiger partial charge in [0.1, 0.15) is 16.7 Å². The summed E-state index contributed by atoms with van der Waals surface area (Å²) in [6, 6.07) is 60.4. The maximum Gasteiger partial charge on any atom is 0.227 e. The maximum atomic E-state index is 6.46. The summed E-state index contributed by atoms with van der Waals surface area (Å²) in [5, 5.41) is 4.52. The van der Waals surface area contributed by atoms with E-state index < -0.39 is 0 Å². The predicted octanol–water partition coefficient (Wildman–Crippen LogP) is 14.0. The molecule has 0 unspecified atom stereocenters. The number of anilines is 3. The van der Waals surface area contributed by atoms with Crippen molar-refractivity contribution >= 4 is 60.9 Å². The monoisotopic (exact) mass is 694 g/mol. The van der Waals surface area contributed by atoms with Crippen molar-refractivity contribution in [3.05, 3.63) is 181 Å². The van der Waals surface area contributed by atoms with Gasteiger partial charge in [0.2, 0.25) is 5.89 Å². The summed E-state index contributed by atoms with van der Waals surface area (Å²) < 4.78 is 12.7. The Kier molecular flexibility index (Phi) is 6.56. The molecule has 1 aliphatic carbocycles. The van der Waals surface area contributed by atoms with Gasteiger partial charge in [0.05, 0.1) is 5.69 Å². The van der Waals surface area contributed by atoms with Gasteiger partial charge in [-0.3, -0.25) is 0 Å². The molecule has 0 fully saturated rings. The molecule has 0 bridgehead atoms. The number of fused-ring (bicyclic) bond motifs is 8. The van der Waals surface area contributed by atoms with Crippen molar-refractivity contribution in [2.24, 2.45) is 0 Å². The SMILES string of the molecule is CC1(C)c2ccccc2-c2c(N(c3ccc(-c4cccc5ccccc45)cc3)c3ccc4oc5cc6oc(-c7ccccc7)nc6cc5c4c3)cccc21. The zero-order valence-electron chi connectivity index (χ0n) is 29.9. The van der Waals surface area contributed by atoms with Crippen molar-refractivity contribution in [1.82, 2.24) is 4.98 Å². The lowest BCUT2D eigenvalue weighted by Gasteiger charge is -2.29. The molecule has 54 heavy (non-hydrogen) atoms. The lowest BCUT2D eigenvalue weighted by Crippen LogP contribution is -2.16. The Morgan fingerprint density at radius 3 is 2.07 bits per heavy atom. The number of oxazole rings is 1. The van der Waals surface area contributed by atoms with E-state index in [9.17, 15) is 0 Å². The van der Waals surface area contributed by atoms with Gasteiger partial charge in [0.15, 0.2) is 5.58 Å². The van der Waals surface area contributed by atoms with Gasteiger partial charge in [-0.2, -0.15) is 0 Å². The number of hydrogen-bond donors (Lipinski definition) is 0. The second kappa shape index (κ2) is 11.5. The Hall–Kier alpha value is -6.91. The van der Waals surface area contributed by atoms with Crippen molar-refractivity contribution in [2.45, 2.75) is 19.3 Å². The molecule has 0 spiro atoms. The average molecular weight is 695 g/mol. The van der Waals surface area contributed by atoms with Crippen molar-refractivity contribution in [3.63, 3.8) is 0 Å². The van der Waals surface area contributed by atoms with Gasteiger partial charge in [0, 0.05) is 44.8 Å². The summed E-state index contributed by atoms with van der Waals surface area (Å²) in [5.74, 6) is 0.600. The van der Waals surface area contributed by atoms with Crippen LogP contribution in [0.15, 0.2) is 179 Å². The van der Waals surface area contributed by atoms with Gasteiger partial charge < -0.3 is 13.7 Å². The largest absolute Gasteiger partial charge is 0.456 e. The summed E-state index contributed by atoms with van der Waals surface area (Å²) >= 11 is 0. The van der Waals surface area contributed by atoms with Crippen LogP contribution in [0.3, 0.4) is 0 Å². The third-order valence-corrected chi connectivity index (χ3v) is 11.3. The Morgan fingerprint density at radius 1 is 0.481 bits per heavy atom. The molecule has 0 radical (unpaired) electrons. The number of rotatable bonds is 5. The number of hydrogen-bond acceptors (Lipinski definition) is 4. The normalized spacial score (nSPS) is 13.1. The summed E-state index contributed by atoms with van der Waals surface area (Å²) in [7, 11) is 0. The topological polar surface area (TPSA) is 42.4 Å². The highest BCUT2D eigenvalue weighted by Gasteiger charge is 2.37. The highest BCUT2D eigenvalue weighted by molar-refractivity contribution is 6.10. The molecule has 0 amide bonds. The van der Waals surface area contributed by atoms with Crippen LogP contribution in [0.4, 0.5) is 17.1 Å². The van der Waals surface area contributed by atoms with Gasteiger partial charge >= 0.3 is 0 Å². The van der Waals surface area contributed by atoms with Crippen LogP contribution in [-0.4, -0.2) is 4.98 Å². The van der Waals surface area contributed by atoms with Crippen molar-refractivity contribution in [3.8, 4) is 33.7 Å². The first-order chi connectivity index (χ1) is 26.5. The Bertz CT molecular complexity index is 3070. The van der Waals surface area contributed by atoms with E-state index in [0.29, 0.717) is 11.5 Å². The maximum absolute atomic E-state index is 6.46. The molecule has 2 heterocycles. The van der Waals surface area contributed by atoms with E-state index in [1.165, 1.54) is 44.2 Å². The molecule has 0 saturated carbocycles. The predicted molar refractivity (Wildman–Crippen MR) is 222 cm³/mol. The minimum Gasteiger partial charge on any atom is -0.456 e. The van der Waals surface area contributed by atoms with E-state index >= 15 is 0 Å². The molecule has 11 rings (SSSR count). The zero-order chi connectivity index (χ0) is 36.0. The Morgan fingerprint density at radius 2 is 1.19 bits per heavy atom. The molecule has 4 nitrogen and oxygen atoms in total. The molecule has 1 aliphatic rings. The smallest absolute Gasteiger partial charge is 0.227 e. The lowest BCUT2D eigenvalue weighted by molar-refractivity contribution is 0.617. The molecule has 256 valence electrons. The second-order valence-electron chi connectivity index (χ2n) is 14.8. The minimum absolute atomic E-state index is 0.127. The van der Waals surface area contributed by atoms with Gasteiger partial charge in [-0.1, -0.05) is 123 Å². The molecule has 2 aromatic heterocycles. The second-order valence-corrected chi connectivity index (χ2v) is 14.8. The van der Waals surface area contributed by atoms with E-state index in [0.717, 1.165) is 50.1 Å². The van der Waals surface area contributed by atoms with Crippen LogP contribution in [0.2, 0.25) is 0 Å². The van der Waals surface area contributed by atoms with Crippen molar-refractivity contribution in [2.75, 3.05) is 4.90 Å². The zero-order valence-corrected chi connectivity index (χ0v) is 29.9. The Labute approximate surface area is 312 Å². The quantitative estimate of drug-likeness (QED) is 0.180. The molecule has 8 aromatic carbocycles. The average Bonchev–Trinajstić information content (AvgIpc) is 3.87. The van der Waals surface area contributed by atoms with E-state index in [1.807, 2.05) is 36.4 Å². The lowest BCUT2D eigenvalue weighted by atomic mass is 9.82. The minimum atomic E-state index is -0.127. The molecule has 10 aromatic rings. The fraction of sp³-hybridized carbons (Fsp3) is 0.0600. The highest BCUT2D eigenvalue weighted by Crippen LogP contribution is 2.54. The van der Waals surface area contributed by atoms with E-state index in [4.69, 9.17) is 13.8 Å². The van der Waals surface area contributed by atoms with E-state index in [1.54, 1.807) is 0 Å². The number of aromatic nitrogens is 1. The molecule has 0 N–H and O–H groups in total. The van der Waals surface area contributed by atoms with Crippen LogP contribution >= 0.6 is 0 Å². The fourth-order valence-corrected chi connectivity index (χ4v) is 8.65. The van der Waals surface area contributed by atoms with Gasteiger partial charge in [0.25, 0.3) is 0 Å². The van der Waals surface area contributed by atoms with Crippen LogP contribution < -0.4 is 4.90 Å². The summed E-state index contributed by atoms with van der Waals surface area (Å²) in [6.45, 7) is 4.67. The van der Waals surface area contributed by atoms with Gasteiger partial charge in [-0.15, -0.1) is 0 Å². The van der Waals surface area contributed by atoms with E-state index in [2.05, 4.69) is 152 Å². The first-order valence-electron chi connectivity index (χ1n) is 18.5. The van der Waals surface area contributed by atoms with Crippen LogP contribution in [0, 0.1) is 0 Å². The van der Waals surface area contributed by atoms with Crippen molar-refractivity contribution in [1.29, 1.82) is 0 Å². The van der Waals surface area contributed by atoms with Crippen LogP contribution in [-0.2, 0) is 5.41 Å². The standard InChI is InChI=1S/C50H34N2O2/c1-50(2)41-19-9-8-17-38(41)48-42(50)20-11-21-44(48)52(34-24-22-32(23-25-34)37-18-10-15-31-12-6-7-16-36(31)37)35-26-27-45-39(28-35)40-29-43-47(30-46(40)53-45)54-49(51-43)33-13-4-3-5-14-33/h3-30H,1-2H3. The molecule has 0 aliphatic heterocycles. The van der Waals surface area contributed by atoms with Crippen LogP contribution in [0.1, 0.15) is 25.0 Å². The van der Waals surface area contributed by atoms with Crippen LogP contribution in [0.5, 0.6) is 0 Å². The molecule has 4 heteroatoms. The number of nitrogens with zero attached hydrogens (tertiary/aromatic N) is 2. The Balaban J connectivity index is 1.11. The van der Waals surface area contributed by atoms with E-state index in [-0.39, 0.29) is 5.41 Å². The number of furan rings is 1. The first-order valence-corrected chi connectivity index (χ1v) is 18.5. The summed E-state index contributed by atoms with van der Waals surface area (Å²) in [4.78, 5) is 7.29. The summed E-state index contributed by atoms with van der Waals surface area (Å²) in [5.41, 5.74) is 14.8. The third-order valence-electron chi connectivity index (χ3n) is 11.3. The van der Waals surface area contributed by atoms with Gasteiger partial charge in [-0.25, -0.2) is 4.98 Å². The van der Waals surface area contributed by atoms with Gasteiger partial charge in [-0.05, 0) is 93.2 Å². The molecular formula is C50H34N2O2. The number of benzene rings is 8. The third kappa shape index (κ3) is 4.60. The first kappa shape index (κ1) is 30.7. The molecular weight excluding hydrogens is 661 g/mol.